The Hall–Kier alpha value is -1.89. The van der Waals surface area contributed by atoms with Crippen molar-refractivity contribution in [3.05, 3.63) is 47.2 Å². The minimum absolute atomic E-state index is 0.112. The average molecular weight is 389 g/mol. The van der Waals surface area contributed by atoms with E-state index in [0.717, 1.165) is 43.1 Å². The topological polar surface area (TPSA) is 59.4 Å². The number of carbonyl (C=O) groups is 1. The van der Waals surface area contributed by atoms with Crippen molar-refractivity contribution >= 4 is 23.2 Å². The Bertz CT molecular complexity index is 805. The van der Waals surface area contributed by atoms with Crippen LogP contribution in [0.2, 0.25) is 5.02 Å². The zero-order valence-electron chi connectivity index (χ0n) is 15.5. The molecule has 2 heterocycles. The van der Waals surface area contributed by atoms with Gasteiger partial charge in [0.2, 0.25) is 5.91 Å². The number of anilines is 1. The summed E-state index contributed by atoms with van der Waals surface area (Å²) in [6, 6.07) is 8.58. The average Bonchev–Trinajstić information content (AvgIpc) is 3.28. The molecule has 0 bridgehead atoms. The second kappa shape index (κ2) is 8.00. The number of hydrogen-bond donors (Lipinski definition) is 1. The Labute approximate surface area is 164 Å². The molecule has 1 amide bonds. The molecule has 1 aliphatic heterocycles. The molecule has 1 N–H and O–H groups in total. The van der Waals surface area contributed by atoms with Crippen LogP contribution in [0.15, 0.2) is 36.7 Å². The van der Waals surface area contributed by atoms with Crippen molar-refractivity contribution in [3.8, 4) is 0 Å². The first-order valence-electron chi connectivity index (χ1n) is 9.45. The van der Waals surface area contributed by atoms with Gasteiger partial charge in [-0.1, -0.05) is 23.7 Å². The fourth-order valence-electron chi connectivity index (χ4n) is 3.77. The number of aromatic nitrogens is 2. The summed E-state index contributed by atoms with van der Waals surface area (Å²) in [6.45, 7) is 2.40. The quantitative estimate of drug-likeness (QED) is 0.790. The minimum atomic E-state index is 0.112. The standard InChI is InChI=1S/C20H25ClN4O2/c1-27-13-19-8-18(12-24(19)10-14-3-2-4-16(21)7-14)25-11-17(9-22-25)23-20(26)15-5-6-15/h2-4,7,9,11,15,18-19H,5-6,8,10,12-13H2,1H3,(H,23,26)/t18-,19-/m0/s1. The van der Waals surface area contributed by atoms with Gasteiger partial charge in [-0.2, -0.15) is 5.10 Å². The van der Waals surface area contributed by atoms with Crippen LogP contribution in [0, 0.1) is 5.92 Å². The third kappa shape index (κ3) is 4.51. The Balaban J connectivity index is 1.43. The maximum Gasteiger partial charge on any atom is 0.227 e. The van der Waals surface area contributed by atoms with Crippen LogP contribution in [0.25, 0.3) is 0 Å². The van der Waals surface area contributed by atoms with Gasteiger partial charge in [0, 0.05) is 43.4 Å². The number of hydrogen-bond acceptors (Lipinski definition) is 4. The Kier molecular flexibility index (Phi) is 5.48. The van der Waals surface area contributed by atoms with E-state index >= 15 is 0 Å². The van der Waals surface area contributed by atoms with Crippen LogP contribution in [-0.2, 0) is 16.1 Å². The Morgan fingerprint density at radius 2 is 2.26 bits per heavy atom. The maximum atomic E-state index is 11.9. The van der Waals surface area contributed by atoms with Crippen molar-refractivity contribution in [1.29, 1.82) is 0 Å². The zero-order chi connectivity index (χ0) is 18.8. The van der Waals surface area contributed by atoms with E-state index in [9.17, 15) is 4.79 Å². The van der Waals surface area contributed by atoms with Gasteiger partial charge in [0.05, 0.1) is 24.5 Å². The largest absolute Gasteiger partial charge is 0.383 e. The van der Waals surface area contributed by atoms with Crippen molar-refractivity contribution < 1.29 is 9.53 Å². The van der Waals surface area contributed by atoms with E-state index in [1.54, 1.807) is 13.3 Å². The van der Waals surface area contributed by atoms with Crippen LogP contribution < -0.4 is 5.32 Å². The number of methoxy groups -OCH3 is 1. The van der Waals surface area contributed by atoms with Crippen molar-refractivity contribution in [2.24, 2.45) is 5.92 Å². The molecule has 1 saturated heterocycles. The lowest BCUT2D eigenvalue weighted by atomic mass is 10.1. The second-order valence-corrected chi connectivity index (χ2v) is 7.97. The lowest BCUT2D eigenvalue weighted by Gasteiger charge is -2.23. The number of likely N-dealkylation sites (tertiary alicyclic amines) is 1. The lowest BCUT2D eigenvalue weighted by molar-refractivity contribution is -0.117. The van der Waals surface area contributed by atoms with E-state index in [2.05, 4.69) is 21.4 Å². The first-order valence-corrected chi connectivity index (χ1v) is 9.82. The van der Waals surface area contributed by atoms with Crippen molar-refractivity contribution in [2.45, 2.75) is 37.9 Å². The molecule has 1 aromatic carbocycles. The smallest absolute Gasteiger partial charge is 0.227 e. The molecule has 1 aliphatic carbocycles. The third-order valence-electron chi connectivity index (χ3n) is 5.33. The molecular formula is C20H25ClN4O2. The van der Waals surface area contributed by atoms with Gasteiger partial charge in [-0.25, -0.2) is 0 Å². The number of nitrogens with zero attached hydrogens (tertiary/aromatic N) is 3. The van der Waals surface area contributed by atoms with E-state index in [-0.39, 0.29) is 17.9 Å². The molecule has 0 spiro atoms. The van der Waals surface area contributed by atoms with E-state index in [0.29, 0.717) is 12.6 Å². The minimum Gasteiger partial charge on any atom is -0.383 e. The molecule has 1 saturated carbocycles. The normalized spacial score (nSPS) is 22.9. The summed E-state index contributed by atoms with van der Waals surface area (Å²) >= 11 is 6.13. The van der Waals surface area contributed by atoms with Gasteiger partial charge in [0.1, 0.15) is 0 Å². The highest BCUT2D eigenvalue weighted by atomic mass is 35.5. The lowest BCUT2D eigenvalue weighted by Crippen LogP contribution is -2.32. The summed E-state index contributed by atoms with van der Waals surface area (Å²) in [5, 5.41) is 8.22. The number of ether oxygens (including phenoxy) is 1. The predicted molar refractivity (Wildman–Crippen MR) is 105 cm³/mol. The number of carbonyl (C=O) groups excluding carboxylic acids is 1. The molecule has 0 unspecified atom stereocenters. The van der Waals surface area contributed by atoms with Gasteiger partial charge in [-0.3, -0.25) is 14.4 Å². The van der Waals surface area contributed by atoms with E-state index in [1.165, 1.54) is 5.56 Å². The van der Waals surface area contributed by atoms with Crippen LogP contribution >= 0.6 is 11.6 Å². The van der Waals surface area contributed by atoms with Crippen LogP contribution in [0.1, 0.15) is 30.9 Å². The zero-order valence-corrected chi connectivity index (χ0v) is 16.2. The van der Waals surface area contributed by atoms with E-state index < -0.39 is 0 Å². The van der Waals surface area contributed by atoms with E-state index in [1.807, 2.05) is 29.1 Å². The molecule has 144 valence electrons. The van der Waals surface area contributed by atoms with Gasteiger partial charge >= 0.3 is 0 Å². The van der Waals surface area contributed by atoms with Gasteiger partial charge < -0.3 is 10.1 Å². The van der Waals surface area contributed by atoms with Crippen molar-refractivity contribution in [2.75, 3.05) is 25.6 Å². The summed E-state index contributed by atoms with van der Waals surface area (Å²) in [5.41, 5.74) is 1.98. The van der Waals surface area contributed by atoms with Crippen molar-refractivity contribution in [3.63, 3.8) is 0 Å². The molecule has 1 aromatic heterocycles. The summed E-state index contributed by atoms with van der Waals surface area (Å²) in [7, 11) is 1.74. The highest BCUT2D eigenvalue weighted by Gasteiger charge is 2.34. The predicted octanol–water partition coefficient (Wildman–Crippen LogP) is 3.35. The summed E-state index contributed by atoms with van der Waals surface area (Å²) in [6.07, 6.45) is 6.65. The highest BCUT2D eigenvalue weighted by Crippen LogP contribution is 2.32. The molecule has 2 aromatic rings. The molecule has 2 fully saturated rings. The summed E-state index contributed by atoms with van der Waals surface area (Å²) < 4.78 is 7.41. The second-order valence-electron chi connectivity index (χ2n) is 7.53. The monoisotopic (exact) mass is 388 g/mol. The van der Waals surface area contributed by atoms with Crippen molar-refractivity contribution in [1.82, 2.24) is 14.7 Å². The first-order chi connectivity index (χ1) is 13.1. The fraction of sp³-hybridized carbons (Fsp3) is 0.500. The Morgan fingerprint density at radius 3 is 3.00 bits per heavy atom. The van der Waals surface area contributed by atoms with Crippen LogP contribution in [0.3, 0.4) is 0 Å². The molecule has 2 aliphatic rings. The number of benzene rings is 1. The SMILES string of the molecule is COC[C@@H]1C[C@H](n2cc(NC(=O)C3CC3)cn2)CN1Cc1cccc(Cl)c1. The molecular weight excluding hydrogens is 364 g/mol. The maximum absolute atomic E-state index is 11.9. The highest BCUT2D eigenvalue weighted by molar-refractivity contribution is 6.30. The van der Waals surface area contributed by atoms with Crippen LogP contribution in [0.4, 0.5) is 5.69 Å². The first kappa shape index (κ1) is 18.5. The number of rotatable bonds is 7. The molecule has 6 nitrogen and oxygen atoms in total. The summed E-state index contributed by atoms with van der Waals surface area (Å²) in [4.78, 5) is 14.4. The molecule has 7 heteroatoms. The third-order valence-corrected chi connectivity index (χ3v) is 5.57. The van der Waals surface area contributed by atoms with Gasteiger partial charge in [-0.05, 0) is 37.0 Å². The molecule has 27 heavy (non-hydrogen) atoms. The molecule has 2 atom stereocenters. The summed E-state index contributed by atoms with van der Waals surface area (Å²) in [5.74, 6) is 0.305. The van der Waals surface area contributed by atoms with Gasteiger partial charge in [-0.15, -0.1) is 0 Å². The fourth-order valence-corrected chi connectivity index (χ4v) is 3.98. The molecule has 0 radical (unpaired) electrons. The van der Waals surface area contributed by atoms with Gasteiger partial charge in [0.15, 0.2) is 0 Å². The number of amides is 1. The Morgan fingerprint density at radius 1 is 1.41 bits per heavy atom. The molecule has 4 rings (SSSR count). The van der Waals surface area contributed by atoms with Gasteiger partial charge in [0.25, 0.3) is 0 Å². The van der Waals surface area contributed by atoms with Crippen LogP contribution in [-0.4, -0.2) is 46.9 Å². The number of halogens is 1. The van der Waals surface area contributed by atoms with Crippen LogP contribution in [0.5, 0.6) is 0 Å². The van der Waals surface area contributed by atoms with E-state index in [4.69, 9.17) is 16.3 Å². The number of nitrogens with one attached hydrogen (secondary N) is 1.